The highest BCUT2D eigenvalue weighted by molar-refractivity contribution is 14.1. The topological polar surface area (TPSA) is 66.4 Å². The summed E-state index contributed by atoms with van der Waals surface area (Å²) >= 11 is 7.86. The predicted octanol–water partition coefficient (Wildman–Crippen LogP) is 3.90. The van der Waals surface area contributed by atoms with Gasteiger partial charge in [-0.15, -0.1) is 0 Å². The van der Waals surface area contributed by atoms with Crippen LogP contribution in [0, 0.1) is 3.57 Å². The summed E-state index contributed by atoms with van der Waals surface area (Å²) in [6.45, 7) is 0. The Hall–Kier alpha value is -1.60. The van der Waals surface area contributed by atoms with E-state index in [0.717, 1.165) is 3.57 Å². The first-order chi connectivity index (χ1) is 9.47. The van der Waals surface area contributed by atoms with E-state index in [1.807, 2.05) is 6.07 Å². The molecule has 4 nitrogen and oxygen atoms in total. The standard InChI is InChI=1S/C14H9ClINO3/c15-9-4-5-12(11(7-9)14(19)20)17-13(18)8-2-1-3-10(16)6-8/h1-7H,(H,17,18)(H,19,20). The van der Waals surface area contributed by atoms with Gasteiger partial charge in [-0.05, 0) is 59.0 Å². The van der Waals surface area contributed by atoms with Crippen LogP contribution in [0.5, 0.6) is 0 Å². The molecule has 0 atom stereocenters. The first-order valence-corrected chi connectivity index (χ1v) is 7.03. The average molecular weight is 402 g/mol. The quantitative estimate of drug-likeness (QED) is 0.767. The Bertz CT molecular complexity index is 688. The monoisotopic (exact) mass is 401 g/mol. The lowest BCUT2D eigenvalue weighted by Gasteiger charge is -2.09. The van der Waals surface area contributed by atoms with Crippen LogP contribution in [0.4, 0.5) is 5.69 Å². The molecular weight excluding hydrogens is 393 g/mol. The lowest BCUT2D eigenvalue weighted by Crippen LogP contribution is -2.14. The zero-order valence-electron chi connectivity index (χ0n) is 10.1. The third-order valence-electron chi connectivity index (χ3n) is 2.55. The van der Waals surface area contributed by atoms with Gasteiger partial charge in [-0.2, -0.15) is 0 Å². The van der Waals surface area contributed by atoms with E-state index < -0.39 is 5.97 Å². The van der Waals surface area contributed by atoms with Gasteiger partial charge in [-0.1, -0.05) is 17.7 Å². The van der Waals surface area contributed by atoms with Crippen LogP contribution in [0.1, 0.15) is 20.7 Å². The first kappa shape index (κ1) is 14.8. The fourth-order valence-electron chi connectivity index (χ4n) is 1.63. The third kappa shape index (κ3) is 3.49. The number of aromatic carboxylic acids is 1. The Morgan fingerprint density at radius 2 is 1.90 bits per heavy atom. The van der Waals surface area contributed by atoms with Crippen molar-refractivity contribution in [3.05, 3.63) is 62.2 Å². The minimum Gasteiger partial charge on any atom is -0.478 e. The van der Waals surface area contributed by atoms with Gasteiger partial charge in [-0.25, -0.2) is 4.79 Å². The lowest BCUT2D eigenvalue weighted by atomic mass is 10.1. The van der Waals surface area contributed by atoms with Crippen molar-refractivity contribution in [2.24, 2.45) is 0 Å². The van der Waals surface area contributed by atoms with Gasteiger partial charge in [0.2, 0.25) is 0 Å². The van der Waals surface area contributed by atoms with Crippen LogP contribution in [0.3, 0.4) is 0 Å². The summed E-state index contributed by atoms with van der Waals surface area (Å²) in [4.78, 5) is 23.2. The summed E-state index contributed by atoms with van der Waals surface area (Å²) in [7, 11) is 0. The number of halogens is 2. The highest BCUT2D eigenvalue weighted by Gasteiger charge is 2.14. The summed E-state index contributed by atoms with van der Waals surface area (Å²) in [5, 5.41) is 12.0. The van der Waals surface area contributed by atoms with Crippen molar-refractivity contribution in [3.63, 3.8) is 0 Å². The van der Waals surface area contributed by atoms with E-state index in [1.54, 1.807) is 18.2 Å². The number of rotatable bonds is 3. The summed E-state index contributed by atoms with van der Waals surface area (Å²) in [6, 6.07) is 11.3. The molecule has 0 aliphatic rings. The fourth-order valence-corrected chi connectivity index (χ4v) is 2.34. The SMILES string of the molecule is O=C(Nc1ccc(Cl)cc1C(=O)O)c1cccc(I)c1. The number of hydrogen-bond donors (Lipinski definition) is 2. The fraction of sp³-hybridized carbons (Fsp3) is 0. The second-order valence-corrected chi connectivity index (χ2v) is 5.64. The molecule has 2 aromatic rings. The van der Waals surface area contributed by atoms with E-state index >= 15 is 0 Å². The van der Waals surface area contributed by atoms with Gasteiger partial charge in [0, 0.05) is 14.2 Å². The van der Waals surface area contributed by atoms with Crippen LogP contribution in [-0.4, -0.2) is 17.0 Å². The predicted molar refractivity (Wildman–Crippen MR) is 85.5 cm³/mol. The minimum atomic E-state index is -1.15. The van der Waals surface area contributed by atoms with Crippen LogP contribution in [0.15, 0.2) is 42.5 Å². The minimum absolute atomic E-state index is 0.0449. The van der Waals surface area contributed by atoms with Crippen molar-refractivity contribution in [3.8, 4) is 0 Å². The molecule has 2 rings (SSSR count). The Morgan fingerprint density at radius 3 is 2.55 bits per heavy atom. The normalized spacial score (nSPS) is 10.1. The van der Waals surface area contributed by atoms with Gasteiger partial charge in [-0.3, -0.25) is 4.79 Å². The molecule has 6 heteroatoms. The molecule has 2 aromatic carbocycles. The Kier molecular flexibility index (Phi) is 4.61. The number of benzene rings is 2. The zero-order chi connectivity index (χ0) is 14.7. The molecule has 2 N–H and O–H groups in total. The number of carboxylic acids is 1. The maximum absolute atomic E-state index is 12.1. The molecule has 0 radical (unpaired) electrons. The van der Waals surface area contributed by atoms with Crippen LogP contribution in [0.25, 0.3) is 0 Å². The average Bonchev–Trinajstić information content (AvgIpc) is 2.40. The largest absolute Gasteiger partial charge is 0.478 e. The highest BCUT2D eigenvalue weighted by atomic mass is 127. The van der Waals surface area contributed by atoms with Crippen molar-refractivity contribution in [1.82, 2.24) is 0 Å². The molecule has 20 heavy (non-hydrogen) atoms. The summed E-state index contributed by atoms with van der Waals surface area (Å²) < 4.78 is 0.921. The maximum atomic E-state index is 12.1. The summed E-state index contributed by atoms with van der Waals surface area (Å²) in [6.07, 6.45) is 0. The molecular formula is C14H9ClINO3. The van der Waals surface area contributed by atoms with Gasteiger partial charge in [0.1, 0.15) is 0 Å². The van der Waals surface area contributed by atoms with E-state index in [-0.39, 0.29) is 17.2 Å². The molecule has 0 saturated heterocycles. The number of carbonyl (C=O) groups excluding carboxylic acids is 1. The van der Waals surface area contributed by atoms with Crippen molar-refractivity contribution in [2.45, 2.75) is 0 Å². The number of carboxylic acid groups (broad SMARTS) is 1. The molecule has 1 amide bonds. The molecule has 0 unspecified atom stereocenters. The van der Waals surface area contributed by atoms with Gasteiger partial charge in [0.05, 0.1) is 11.3 Å². The van der Waals surface area contributed by atoms with Gasteiger partial charge in [0.15, 0.2) is 0 Å². The zero-order valence-corrected chi connectivity index (χ0v) is 13.0. The second kappa shape index (κ2) is 6.23. The van der Waals surface area contributed by atoms with Crippen molar-refractivity contribution in [2.75, 3.05) is 5.32 Å². The molecule has 0 spiro atoms. The van der Waals surface area contributed by atoms with Gasteiger partial charge >= 0.3 is 5.97 Å². The van der Waals surface area contributed by atoms with Crippen molar-refractivity contribution < 1.29 is 14.7 Å². The van der Waals surface area contributed by atoms with Crippen molar-refractivity contribution >= 4 is 51.8 Å². The van der Waals surface area contributed by atoms with Crippen molar-refractivity contribution in [1.29, 1.82) is 0 Å². The number of carbonyl (C=O) groups is 2. The molecule has 0 aliphatic heterocycles. The van der Waals surface area contributed by atoms with E-state index in [1.165, 1.54) is 18.2 Å². The summed E-state index contributed by atoms with van der Waals surface area (Å²) in [5.74, 6) is -1.52. The maximum Gasteiger partial charge on any atom is 0.337 e. The Balaban J connectivity index is 2.30. The number of nitrogens with one attached hydrogen (secondary N) is 1. The van der Waals surface area contributed by atoms with Crippen LogP contribution in [0.2, 0.25) is 5.02 Å². The molecule has 0 fully saturated rings. The smallest absolute Gasteiger partial charge is 0.337 e. The summed E-state index contributed by atoms with van der Waals surface area (Å²) in [5.41, 5.74) is 0.630. The first-order valence-electron chi connectivity index (χ1n) is 5.57. The second-order valence-electron chi connectivity index (χ2n) is 3.96. The molecule has 0 heterocycles. The van der Waals surface area contributed by atoms with Gasteiger partial charge < -0.3 is 10.4 Å². The number of anilines is 1. The molecule has 0 aromatic heterocycles. The number of amides is 1. The van der Waals surface area contributed by atoms with Crippen LogP contribution < -0.4 is 5.32 Å². The molecule has 0 saturated carbocycles. The number of hydrogen-bond acceptors (Lipinski definition) is 2. The molecule has 0 bridgehead atoms. The Morgan fingerprint density at radius 1 is 1.15 bits per heavy atom. The van der Waals surface area contributed by atoms with E-state index in [9.17, 15) is 9.59 Å². The molecule has 102 valence electrons. The Labute approximate surface area is 133 Å². The third-order valence-corrected chi connectivity index (χ3v) is 3.45. The lowest BCUT2D eigenvalue weighted by molar-refractivity contribution is 0.0698. The highest BCUT2D eigenvalue weighted by Crippen LogP contribution is 2.21. The van der Waals surface area contributed by atoms with Gasteiger partial charge in [0.25, 0.3) is 5.91 Å². The van der Waals surface area contributed by atoms with Crippen LogP contribution >= 0.6 is 34.2 Å². The molecule has 0 aliphatic carbocycles. The van der Waals surface area contributed by atoms with E-state index in [4.69, 9.17) is 16.7 Å². The van der Waals surface area contributed by atoms with E-state index in [0.29, 0.717) is 10.6 Å². The van der Waals surface area contributed by atoms with Crippen LogP contribution in [-0.2, 0) is 0 Å². The van der Waals surface area contributed by atoms with E-state index in [2.05, 4.69) is 27.9 Å².